The van der Waals surface area contributed by atoms with Gasteiger partial charge in [-0.25, -0.2) is 8.78 Å². The number of nitrogens with zero attached hydrogens (tertiary/aromatic N) is 3. The highest BCUT2D eigenvalue weighted by Crippen LogP contribution is 2.29. The molecule has 1 aliphatic carbocycles. The Balaban J connectivity index is 1.30. The number of aromatic nitrogens is 2. The number of nitrogens with one attached hydrogen (secondary N) is 2. The molecule has 1 fully saturated rings. The standard InChI is InChI=1S/C30H28ClF2N5O4/c1-17(39)29-23-13-21(35-30(42)18-4-2-6-20(32)12-18)8-11-25(23)38(36-29)16-27(41)37(22-9-10-22)15-26(40)34-14-19-5-3-7-24(31)28(19)33/h2-8,11-13,17,22,39H,9-10,14-16H2,1H3,(H,34,40)(H,35,42). The molecule has 1 atom stereocenters. The van der Waals surface area contributed by atoms with E-state index in [0.29, 0.717) is 22.3 Å². The minimum absolute atomic E-state index is 0.0411. The van der Waals surface area contributed by atoms with Crippen LogP contribution in [0.4, 0.5) is 14.5 Å². The molecule has 0 radical (unpaired) electrons. The van der Waals surface area contributed by atoms with Crippen molar-refractivity contribution >= 4 is 45.9 Å². The summed E-state index contributed by atoms with van der Waals surface area (Å²) < 4.78 is 29.2. The van der Waals surface area contributed by atoms with Crippen LogP contribution in [-0.4, -0.2) is 50.1 Å². The van der Waals surface area contributed by atoms with Crippen molar-refractivity contribution in [3.05, 3.63) is 94.1 Å². The van der Waals surface area contributed by atoms with E-state index in [1.165, 1.54) is 46.8 Å². The van der Waals surface area contributed by atoms with E-state index in [-0.39, 0.29) is 47.7 Å². The van der Waals surface area contributed by atoms with Gasteiger partial charge in [-0.3, -0.25) is 19.1 Å². The average Bonchev–Trinajstić information content (AvgIpc) is 3.74. The Bertz CT molecular complexity index is 1670. The van der Waals surface area contributed by atoms with Crippen LogP contribution in [0.5, 0.6) is 0 Å². The van der Waals surface area contributed by atoms with Gasteiger partial charge in [0.15, 0.2) is 0 Å². The molecule has 1 saturated carbocycles. The van der Waals surface area contributed by atoms with Crippen LogP contribution in [0.2, 0.25) is 5.02 Å². The van der Waals surface area contributed by atoms with Crippen molar-refractivity contribution in [2.75, 3.05) is 11.9 Å². The first-order valence-electron chi connectivity index (χ1n) is 13.3. The fourth-order valence-corrected chi connectivity index (χ4v) is 4.85. The van der Waals surface area contributed by atoms with Gasteiger partial charge in [0.1, 0.15) is 18.2 Å². The van der Waals surface area contributed by atoms with Gasteiger partial charge >= 0.3 is 0 Å². The van der Waals surface area contributed by atoms with Crippen molar-refractivity contribution < 1.29 is 28.3 Å². The average molecular weight is 596 g/mol. The molecule has 0 bridgehead atoms. The Morgan fingerprint density at radius 1 is 1.12 bits per heavy atom. The summed E-state index contributed by atoms with van der Waals surface area (Å²) in [5.41, 5.74) is 1.63. The van der Waals surface area contributed by atoms with Crippen LogP contribution in [0.1, 0.15) is 47.5 Å². The predicted octanol–water partition coefficient (Wildman–Crippen LogP) is 4.58. The summed E-state index contributed by atoms with van der Waals surface area (Å²) in [5.74, 6) is -2.43. The van der Waals surface area contributed by atoms with Crippen LogP contribution in [0.15, 0.2) is 60.7 Å². The van der Waals surface area contributed by atoms with E-state index in [9.17, 15) is 28.3 Å². The molecule has 4 aromatic rings. The molecule has 1 heterocycles. The fourth-order valence-electron chi connectivity index (χ4n) is 4.66. The molecule has 1 aliphatic rings. The molecular weight excluding hydrogens is 568 g/mol. The van der Waals surface area contributed by atoms with Crippen LogP contribution >= 0.6 is 11.6 Å². The molecule has 1 aromatic heterocycles. The zero-order valence-corrected chi connectivity index (χ0v) is 23.4. The third-order valence-electron chi connectivity index (χ3n) is 6.93. The SMILES string of the molecule is CC(O)c1nn(CC(=O)N(CC(=O)NCc2cccc(Cl)c2F)C2CC2)c2ccc(NC(=O)c3cccc(F)c3)cc12. The molecule has 3 aromatic carbocycles. The number of carbonyl (C=O) groups is 3. The van der Waals surface area contributed by atoms with Crippen molar-refractivity contribution in [3.63, 3.8) is 0 Å². The topological polar surface area (TPSA) is 117 Å². The number of amides is 3. The lowest BCUT2D eigenvalue weighted by Crippen LogP contribution is -2.43. The minimum atomic E-state index is -0.977. The number of carbonyl (C=O) groups excluding carboxylic acids is 3. The molecule has 5 rings (SSSR count). The summed E-state index contributed by atoms with van der Waals surface area (Å²) in [6, 6.07) is 14.6. The maximum atomic E-state index is 14.2. The number of hydrogen-bond donors (Lipinski definition) is 3. The van der Waals surface area contributed by atoms with Gasteiger partial charge in [0.25, 0.3) is 5.91 Å². The van der Waals surface area contributed by atoms with Crippen LogP contribution < -0.4 is 10.6 Å². The van der Waals surface area contributed by atoms with E-state index < -0.39 is 29.6 Å². The van der Waals surface area contributed by atoms with Gasteiger partial charge in [-0.15, -0.1) is 0 Å². The summed E-state index contributed by atoms with van der Waals surface area (Å²) >= 11 is 5.81. The first kappa shape index (κ1) is 29.2. The Hall–Kier alpha value is -4.35. The Morgan fingerprint density at radius 3 is 2.60 bits per heavy atom. The van der Waals surface area contributed by atoms with E-state index in [0.717, 1.165) is 18.9 Å². The molecular formula is C30H28ClF2N5O4. The van der Waals surface area contributed by atoms with E-state index in [1.54, 1.807) is 24.3 Å². The second kappa shape index (κ2) is 12.3. The number of rotatable bonds is 10. The lowest BCUT2D eigenvalue weighted by atomic mass is 10.1. The lowest BCUT2D eigenvalue weighted by molar-refractivity contribution is -0.137. The second-order valence-electron chi connectivity index (χ2n) is 10.2. The van der Waals surface area contributed by atoms with Gasteiger partial charge in [0.2, 0.25) is 11.8 Å². The maximum absolute atomic E-state index is 14.2. The van der Waals surface area contributed by atoms with Gasteiger partial charge in [-0.2, -0.15) is 5.10 Å². The normalized spacial score (nSPS) is 13.5. The van der Waals surface area contributed by atoms with Gasteiger partial charge in [0, 0.05) is 34.8 Å². The van der Waals surface area contributed by atoms with Crippen molar-refractivity contribution in [1.82, 2.24) is 20.0 Å². The zero-order valence-electron chi connectivity index (χ0n) is 22.6. The smallest absolute Gasteiger partial charge is 0.255 e. The van der Waals surface area contributed by atoms with Crippen LogP contribution in [0, 0.1) is 11.6 Å². The number of fused-ring (bicyclic) bond motifs is 1. The second-order valence-corrected chi connectivity index (χ2v) is 10.6. The number of halogens is 3. The molecule has 1 unspecified atom stereocenters. The van der Waals surface area contributed by atoms with Crippen molar-refractivity contribution in [2.45, 2.75) is 45.0 Å². The number of anilines is 1. The highest BCUT2D eigenvalue weighted by molar-refractivity contribution is 6.30. The van der Waals surface area contributed by atoms with Crippen molar-refractivity contribution in [1.29, 1.82) is 0 Å². The number of aliphatic hydroxyl groups is 1. The maximum Gasteiger partial charge on any atom is 0.255 e. The molecule has 0 saturated heterocycles. The number of benzene rings is 3. The predicted molar refractivity (Wildman–Crippen MR) is 153 cm³/mol. The third-order valence-corrected chi connectivity index (χ3v) is 7.23. The minimum Gasteiger partial charge on any atom is -0.387 e. The van der Waals surface area contributed by atoms with E-state index >= 15 is 0 Å². The molecule has 0 aliphatic heterocycles. The molecule has 3 amide bonds. The summed E-state index contributed by atoms with van der Waals surface area (Å²) in [5, 5.41) is 20.7. The summed E-state index contributed by atoms with van der Waals surface area (Å²) in [6.07, 6.45) is 0.541. The Kier molecular flexibility index (Phi) is 8.51. The Morgan fingerprint density at radius 2 is 1.88 bits per heavy atom. The van der Waals surface area contributed by atoms with Gasteiger partial charge in [-0.1, -0.05) is 29.8 Å². The fraction of sp³-hybridized carbons (Fsp3) is 0.267. The van der Waals surface area contributed by atoms with E-state index in [2.05, 4.69) is 15.7 Å². The van der Waals surface area contributed by atoms with Crippen LogP contribution in [0.3, 0.4) is 0 Å². The molecule has 0 spiro atoms. The molecule has 12 heteroatoms. The zero-order chi connectivity index (χ0) is 30.0. The van der Waals surface area contributed by atoms with E-state index in [1.807, 2.05) is 0 Å². The molecule has 9 nitrogen and oxygen atoms in total. The summed E-state index contributed by atoms with van der Waals surface area (Å²) in [7, 11) is 0. The Labute approximate surface area is 245 Å². The molecule has 218 valence electrons. The molecule has 42 heavy (non-hydrogen) atoms. The lowest BCUT2D eigenvalue weighted by Gasteiger charge is -2.22. The van der Waals surface area contributed by atoms with Gasteiger partial charge in [0.05, 0.1) is 28.9 Å². The highest BCUT2D eigenvalue weighted by Gasteiger charge is 2.34. The van der Waals surface area contributed by atoms with Crippen LogP contribution in [0.25, 0.3) is 10.9 Å². The largest absolute Gasteiger partial charge is 0.387 e. The summed E-state index contributed by atoms with van der Waals surface area (Å²) in [6.45, 7) is 1.07. The van der Waals surface area contributed by atoms with Gasteiger partial charge in [-0.05, 0) is 62.2 Å². The number of aliphatic hydroxyl groups excluding tert-OH is 1. The van der Waals surface area contributed by atoms with E-state index in [4.69, 9.17) is 11.6 Å². The third kappa shape index (κ3) is 6.58. The van der Waals surface area contributed by atoms with Crippen molar-refractivity contribution in [2.24, 2.45) is 0 Å². The molecule has 3 N–H and O–H groups in total. The first-order chi connectivity index (χ1) is 20.1. The quantitative estimate of drug-likeness (QED) is 0.248. The van der Waals surface area contributed by atoms with Crippen molar-refractivity contribution in [3.8, 4) is 0 Å². The van der Waals surface area contributed by atoms with Crippen LogP contribution in [-0.2, 0) is 22.7 Å². The first-order valence-corrected chi connectivity index (χ1v) is 13.7. The number of hydrogen-bond acceptors (Lipinski definition) is 5. The summed E-state index contributed by atoms with van der Waals surface area (Å²) in [4.78, 5) is 40.2. The van der Waals surface area contributed by atoms with Gasteiger partial charge < -0.3 is 20.6 Å². The monoisotopic (exact) mass is 595 g/mol. The highest BCUT2D eigenvalue weighted by atomic mass is 35.5.